The molecule has 0 saturated heterocycles. The molecule has 132 valence electrons. The Morgan fingerprint density at radius 2 is 1.80 bits per heavy atom. The molecule has 0 spiro atoms. The van der Waals surface area contributed by atoms with Crippen LogP contribution in [0.3, 0.4) is 0 Å². The second kappa shape index (κ2) is 9.54. The molecule has 0 aromatic heterocycles. The van der Waals surface area contributed by atoms with Gasteiger partial charge in [-0.3, -0.25) is 4.79 Å². The van der Waals surface area contributed by atoms with E-state index in [-0.39, 0.29) is 13.0 Å². The molecular weight excluding hydrogens is 325 g/mol. The van der Waals surface area contributed by atoms with E-state index in [4.69, 9.17) is 9.47 Å². The van der Waals surface area contributed by atoms with Crippen LogP contribution in [0.4, 0.5) is 4.39 Å². The topological polar surface area (TPSA) is 64.6 Å². The Balaban J connectivity index is 1.87. The van der Waals surface area contributed by atoms with E-state index in [0.717, 1.165) is 5.56 Å². The van der Waals surface area contributed by atoms with Crippen LogP contribution in [0.25, 0.3) is 0 Å². The summed E-state index contributed by atoms with van der Waals surface area (Å²) in [5.74, 6) is -1.44. The summed E-state index contributed by atoms with van der Waals surface area (Å²) < 4.78 is 23.3. The summed E-state index contributed by atoms with van der Waals surface area (Å²) in [5.41, 5.74) is 1.53. The Hall–Kier alpha value is -2.73. The van der Waals surface area contributed by atoms with Crippen LogP contribution in [0, 0.1) is 5.82 Å². The summed E-state index contributed by atoms with van der Waals surface area (Å²) in [7, 11) is 1.24. The molecule has 0 bridgehead atoms. The van der Waals surface area contributed by atoms with Gasteiger partial charge in [0.25, 0.3) is 0 Å². The van der Waals surface area contributed by atoms with E-state index in [0.29, 0.717) is 12.2 Å². The number of nitrogens with one attached hydrogen (secondary N) is 1. The highest BCUT2D eigenvalue weighted by atomic mass is 19.1. The van der Waals surface area contributed by atoms with E-state index in [2.05, 4.69) is 5.32 Å². The molecule has 1 atom stereocenters. The quantitative estimate of drug-likeness (QED) is 0.745. The highest BCUT2D eigenvalue weighted by molar-refractivity contribution is 5.85. The molecule has 0 aliphatic carbocycles. The van der Waals surface area contributed by atoms with Gasteiger partial charge in [0.05, 0.1) is 13.7 Å². The minimum atomic E-state index is -0.903. The highest BCUT2D eigenvalue weighted by Crippen LogP contribution is 2.08. The average Bonchev–Trinajstić information content (AvgIpc) is 2.61. The van der Waals surface area contributed by atoms with Crippen molar-refractivity contribution in [1.29, 1.82) is 0 Å². The highest BCUT2D eigenvalue weighted by Gasteiger charge is 2.22. The number of hydrogen-bond donors (Lipinski definition) is 1. The first-order valence-corrected chi connectivity index (χ1v) is 7.82. The van der Waals surface area contributed by atoms with Gasteiger partial charge in [-0.2, -0.15) is 0 Å². The molecule has 0 heterocycles. The molecule has 1 N–H and O–H groups in total. The Morgan fingerprint density at radius 3 is 2.48 bits per heavy atom. The number of methoxy groups -OCH3 is 1. The number of ether oxygens (including phenoxy) is 2. The van der Waals surface area contributed by atoms with E-state index >= 15 is 0 Å². The molecule has 2 rings (SSSR count). The van der Waals surface area contributed by atoms with Gasteiger partial charge in [0.2, 0.25) is 5.91 Å². The largest absolute Gasteiger partial charge is 0.467 e. The Bertz CT molecular complexity index is 706. The Morgan fingerprint density at radius 1 is 1.08 bits per heavy atom. The van der Waals surface area contributed by atoms with Crippen LogP contribution in [-0.2, 0) is 32.1 Å². The summed E-state index contributed by atoms with van der Waals surface area (Å²) in [6, 6.07) is 14.4. The van der Waals surface area contributed by atoms with Crippen LogP contribution < -0.4 is 5.32 Å². The molecule has 0 saturated carbocycles. The van der Waals surface area contributed by atoms with Gasteiger partial charge in [-0.15, -0.1) is 0 Å². The predicted molar refractivity (Wildman–Crippen MR) is 90.1 cm³/mol. The zero-order valence-corrected chi connectivity index (χ0v) is 13.9. The van der Waals surface area contributed by atoms with Crippen molar-refractivity contribution in [2.24, 2.45) is 0 Å². The SMILES string of the molecule is COC(=O)[C@@H](Cc1cccc(F)c1)NC(=O)COCc1ccccc1. The molecule has 0 aliphatic heterocycles. The van der Waals surface area contributed by atoms with E-state index < -0.39 is 23.7 Å². The Kier molecular flexibility index (Phi) is 7.10. The molecule has 25 heavy (non-hydrogen) atoms. The molecule has 0 unspecified atom stereocenters. The first-order valence-electron chi connectivity index (χ1n) is 7.82. The van der Waals surface area contributed by atoms with Crippen LogP contribution >= 0.6 is 0 Å². The number of carbonyl (C=O) groups excluding carboxylic acids is 2. The zero-order chi connectivity index (χ0) is 18.1. The van der Waals surface area contributed by atoms with Crippen molar-refractivity contribution in [3.8, 4) is 0 Å². The molecular formula is C19H20FNO4. The number of halogens is 1. The maximum atomic E-state index is 13.3. The summed E-state index contributed by atoms with van der Waals surface area (Å²) in [4.78, 5) is 23.9. The van der Waals surface area contributed by atoms with E-state index in [1.54, 1.807) is 12.1 Å². The van der Waals surface area contributed by atoms with Crippen molar-refractivity contribution in [2.75, 3.05) is 13.7 Å². The molecule has 1 amide bonds. The lowest BCUT2D eigenvalue weighted by Crippen LogP contribution is -2.44. The van der Waals surface area contributed by atoms with Crippen LogP contribution in [0.2, 0.25) is 0 Å². The lowest BCUT2D eigenvalue weighted by Gasteiger charge is -2.16. The van der Waals surface area contributed by atoms with Crippen molar-refractivity contribution in [3.63, 3.8) is 0 Å². The fraction of sp³-hybridized carbons (Fsp3) is 0.263. The fourth-order valence-electron chi connectivity index (χ4n) is 2.31. The molecule has 0 fully saturated rings. The number of esters is 1. The van der Waals surface area contributed by atoms with Gasteiger partial charge in [0, 0.05) is 6.42 Å². The van der Waals surface area contributed by atoms with Gasteiger partial charge >= 0.3 is 5.97 Å². The molecule has 0 radical (unpaired) electrons. The maximum Gasteiger partial charge on any atom is 0.328 e. The first-order chi connectivity index (χ1) is 12.1. The van der Waals surface area contributed by atoms with Crippen LogP contribution in [-0.4, -0.2) is 31.6 Å². The third-order valence-electron chi connectivity index (χ3n) is 3.49. The summed E-state index contributed by atoms with van der Waals surface area (Å²) in [5, 5.41) is 2.56. The molecule has 0 aliphatic rings. The average molecular weight is 345 g/mol. The van der Waals surface area contributed by atoms with Crippen molar-refractivity contribution < 1.29 is 23.5 Å². The van der Waals surface area contributed by atoms with Crippen LogP contribution in [0.5, 0.6) is 0 Å². The smallest absolute Gasteiger partial charge is 0.328 e. The lowest BCUT2D eigenvalue weighted by molar-refractivity contribution is -0.145. The molecule has 2 aromatic carbocycles. The summed E-state index contributed by atoms with van der Waals surface area (Å²) in [6.45, 7) is 0.104. The van der Waals surface area contributed by atoms with Gasteiger partial charge in [-0.25, -0.2) is 9.18 Å². The van der Waals surface area contributed by atoms with Gasteiger partial charge in [-0.05, 0) is 23.3 Å². The number of carbonyl (C=O) groups is 2. The summed E-state index contributed by atoms with van der Waals surface area (Å²) >= 11 is 0. The van der Waals surface area contributed by atoms with E-state index in [9.17, 15) is 14.0 Å². The zero-order valence-electron chi connectivity index (χ0n) is 13.9. The number of benzene rings is 2. The second-order valence-corrected chi connectivity index (χ2v) is 5.46. The van der Waals surface area contributed by atoms with E-state index in [1.165, 1.54) is 19.2 Å². The standard InChI is InChI=1S/C19H20FNO4/c1-24-19(23)17(11-15-8-5-9-16(20)10-15)21-18(22)13-25-12-14-6-3-2-4-7-14/h2-10,17H,11-13H2,1H3,(H,21,22)/t17-/m1/s1. The monoisotopic (exact) mass is 345 g/mol. The van der Waals surface area contributed by atoms with Crippen molar-refractivity contribution >= 4 is 11.9 Å². The van der Waals surface area contributed by atoms with Crippen molar-refractivity contribution in [3.05, 3.63) is 71.5 Å². The van der Waals surface area contributed by atoms with Crippen molar-refractivity contribution in [2.45, 2.75) is 19.1 Å². The maximum absolute atomic E-state index is 13.3. The normalized spacial score (nSPS) is 11.6. The van der Waals surface area contributed by atoms with Crippen molar-refractivity contribution in [1.82, 2.24) is 5.32 Å². The Labute approximate surface area is 145 Å². The third-order valence-corrected chi connectivity index (χ3v) is 3.49. The number of amides is 1. The fourth-order valence-corrected chi connectivity index (χ4v) is 2.31. The number of rotatable bonds is 8. The minimum Gasteiger partial charge on any atom is -0.467 e. The van der Waals surface area contributed by atoms with Gasteiger partial charge in [0.1, 0.15) is 18.5 Å². The summed E-state index contributed by atoms with van der Waals surface area (Å²) in [6.07, 6.45) is 0.134. The minimum absolute atomic E-state index is 0.134. The first kappa shape index (κ1) is 18.6. The molecule has 6 heteroatoms. The second-order valence-electron chi connectivity index (χ2n) is 5.46. The predicted octanol–water partition coefficient (Wildman–Crippen LogP) is 2.24. The van der Waals surface area contributed by atoms with Gasteiger partial charge in [-0.1, -0.05) is 42.5 Å². The lowest BCUT2D eigenvalue weighted by atomic mass is 10.1. The molecule has 5 nitrogen and oxygen atoms in total. The van der Waals surface area contributed by atoms with Gasteiger partial charge < -0.3 is 14.8 Å². The van der Waals surface area contributed by atoms with Gasteiger partial charge in [0.15, 0.2) is 0 Å². The number of hydrogen-bond acceptors (Lipinski definition) is 4. The van der Waals surface area contributed by atoms with Crippen LogP contribution in [0.15, 0.2) is 54.6 Å². The molecule has 2 aromatic rings. The third kappa shape index (κ3) is 6.35. The van der Waals surface area contributed by atoms with Crippen LogP contribution in [0.1, 0.15) is 11.1 Å². The van der Waals surface area contributed by atoms with E-state index in [1.807, 2.05) is 30.3 Å².